The first-order valence-corrected chi connectivity index (χ1v) is 11.7. The second-order valence-electron chi connectivity index (χ2n) is 6.36. The maximum Gasteiger partial charge on any atom is 0.291 e. The molecule has 2 atom stereocenters. The lowest BCUT2D eigenvalue weighted by Gasteiger charge is -2.18. The molecule has 1 N–H and O–H groups in total. The molecule has 0 amide bonds. The first-order chi connectivity index (χ1) is 12.7. The van der Waals surface area contributed by atoms with Gasteiger partial charge in [0.25, 0.3) is 10.0 Å². The van der Waals surface area contributed by atoms with E-state index in [9.17, 15) is 12.6 Å². The molecular weight excluding hydrogens is 380 g/mol. The molecule has 0 aliphatic carbocycles. The van der Waals surface area contributed by atoms with Crippen LogP contribution in [0.5, 0.6) is 0 Å². The average molecular weight is 407 g/mol. The summed E-state index contributed by atoms with van der Waals surface area (Å²) in [5.41, 5.74) is 1.92. The van der Waals surface area contributed by atoms with E-state index in [1.54, 1.807) is 36.4 Å². The van der Waals surface area contributed by atoms with E-state index < -0.39 is 19.9 Å². The van der Waals surface area contributed by atoms with Crippen LogP contribution >= 0.6 is 0 Å². The molecule has 7 heteroatoms. The second-order valence-corrected chi connectivity index (χ2v) is 10.1. The summed E-state index contributed by atoms with van der Waals surface area (Å²) < 4.78 is 46.2. The lowest BCUT2D eigenvalue weighted by Crippen LogP contribution is -2.33. The van der Waals surface area contributed by atoms with Gasteiger partial charge in [-0.1, -0.05) is 58.2 Å². The number of nitrogens with one attached hydrogen (secondary N) is 1. The lowest BCUT2D eigenvalue weighted by atomic mass is 10.2. The highest BCUT2D eigenvalue weighted by Crippen LogP contribution is 2.20. The van der Waals surface area contributed by atoms with Gasteiger partial charge in [-0.25, -0.2) is 8.93 Å². The predicted octanol–water partition coefficient (Wildman–Crippen LogP) is 4.38. The Kier molecular flexibility index (Phi) is 6.97. The fraction of sp³-hybridized carbons (Fsp3) is 0.300. The van der Waals surface area contributed by atoms with E-state index in [0.29, 0.717) is 11.3 Å². The molecule has 0 aliphatic rings. The molecule has 0 aromatic heterocycles. The van der Waals surface area contributed by atoms with E-state index in [1.807, 2.05) is 39.8 Å². The Balaban J connectivity index is 2.63. The Morgan fingerprint density at radius 2 is 1.41 bits per heavy atom. The van der Waals surface area contributed by atoms with Gasteiger partial charge in [0.1, 0.15) is 0 Å². The number of nitrogens with zero attached hydrogens (tertiary/aromatic N) is 1. The summed E-state index contributed by atoms with van der Waals surface area (Å²) in [5.74, 6) is 0. The Morgan fingerprint density at radius 3 is 1.85 bits per heavy atom. The van der Waals surface area contributed by atoms with Crippen molar-refractivity contribution in [2.24, 2.45) is 3.77 Å². The molecule has 0 saturated heterocycles. The Morgan fingerprint density at radius 1 is 0.926 bits per heavy atom. The molecule has 0 spiro atoms. The molecular formula is C20H26N2O3S2. The van der Waals surface area contributed by atoms with Crippen LogP contribution in [0.25, 0.3) is 0 Å². The van der Waals surface area contributed by atoms with Gasteiger partial charge < -0.3 is 0 Å². The van der Waals surface area contributed by atoms with E-state index in [-0.39, 0.29) is 10.9 Å². The van der Waals surface area contributed by atoms with Crippen LogP contribution in [0, 0.1) is 13.8 Å². The minimum Gasteiger partial charge on any atom is -0.228 e. The van der Waals surface area contributed by atoms with Crippen LogP contribution in [0.4, 0.5) is 0 Å². The number of aryl methyl sites for hydroxylation is 2. The molecule has 0 aliphatic heterocycles. The molecule has 0 fully saturated rings. The normalized spacial score (nSPS) is 15.4. The number of benzene rings is 2. The zero-order chi connectivity index (χ0) is 20.1. The van der Waals surface area contributed by atoms with Gasteiger partial charge in [0.05, 0.1) is 9.79 Å². The summed E-state index contributed by atoms with van der Waals surface area (Å²) in [5, 5.41) is 0. The first-order valence-electron chi connectivity index (χ1n) is 8.77. The molecule has 2 rings (SSSR count). The molecule has 27 heavy (non-hydrogen) atoms. The minimum absolute atomic E-state index is 0.0221. The quantitative estimate of drug-likeness (QED) is 0.693. The van der Waals surface area contributed by atoms with Gasteiger partial charge in [-0.05, 0) is 51.5 Å². The van der Waals surface area contributed by atoms with Crippen LogP contribution in [0.1, 0.15) is 31.4 Å². The lowest BCUT2D eigenvalue weighted by molar-refractivity contribution is 0.597. The average Bonchev–Trinajstić information content (AvgIpc) is 2.61. The summed E-state index contributed by atoms with van der Waals surface area (Å²) >= 11 is 0. The number of hydrogen-bond acceptors (Lipinski definition) is 3. The van der Waals surface area contributed by atoms with Gasteiger partial charge in [0, 0.05) is 6.04 Å². The standard InChI is InChI=1S/C20H26N2O3S2/c1-5-7-18(6-2)21-26(23,19-12-8-16(3)9-13-19)22-27(24,25)20-14-10-17(4)11-15-20/h5,7-15,18H,6H2,1-4H3,(H,21,22,23)/b7-5+/t18-,26?/m1/s1. The van der Waals surface area contributed by atoms with E-state index in [2.05, 4.69) is 8.49 Å². The van der Waals surface area contributed by atoms with Gasteiger partial charge in [-0.3, -0.25) is 0 Å². The van der Waals surface area contributed by atoms with Crippen molar-refractivity contribution in [3.63, 3.8) is 0 Å². The smallest absolute Gasteiger partial charge is 0.228 e. The molecule has 1 unspecified atom stereocenters. The number of sulfonamides is 1. The molecule has 146 valence electrons. The molecule has 0 bridgehead atoms. The molecule has 0 saturated carbocycles. The fourth-order valence-corrected chi connectivity index (χ4v) is 6.19. The number of rotatable bonds is 7. The first kappa shape index (κ1) is 21.3. The molecule has 0 heterocycles. The van der Waals surface area contributed by atoms with Crippen molar-refractivity contribution in [3.8, 4) is 0 Å². The van der Waals surface area contributed by atoms with Gasteiger partial charge in [-0.2, -0.15) is 8.42 Å². The van der Waals surface area contributed by atoms with E-state index in [1.165, 1.54) is 12.1 Å². The zero-order valence-electron chi connectivity index (χ0n) is 16.0. The number of hydrogen-bond donors (Lipinski definition) is 1. The maximum atomic E-state index is 13.7. The van der Waals surface area contributed by atoms with Crippen molar-refractivity contribution in [2.75, 3.05) is 0 Å². The SMILES string of the molecule is C/C=C/[C@@H](CC)NS(=O)(=NS(=O)(=O)c1ccc(C)cc1)c1ccc(C)cc1. The third-order valence-electron chi connectivity index (χ3n) is 4.04. The third-order valence-corrected chi connectivity index (χ3v) is 8.06. The Labute approximate surface area is 162 Å². The zero-order valence-corrected chi connectivity index (χ0v) is 17.7. The summed E-state index contributed by atoms with van der Waals surface area (Å²) in [7, 11) is -7.50. The maximum absolute atomic E-state index is 13.7. The van der Waals surface area contributed by atoms with E-state index in [0.717, 1.165) is 11.1 Å². The molecule has 2 aromatic carbocycles. The van der Waals surface area contributed by atoms with Crippen molar-refractivity contribution in [2.45, 2.75) is 49.9 Å². The van der Waals surface area contributed by atoms with Gasteiger partial charge >= 0.3 is 0 Å². The summed E-state index contributed by atoms with van der Waals surface area (Å²) in [4.78, 5) is 0.362. The topological polar surface area (TPSA) is 75.6 Å². The second kappa shape index (κ2) is 8.82. The number of allylic oxidation sites excluding steroid dienone is 1. The highest BCUT2D eigenvalue weighted by Gasteiger charge is 2.22. The molecule has 2 aromatic rings. The fourth-order valence-electron chi connectivity index (χ4n) is 2.44. The van der Waals surface area contributed by atoms with E-state index >= 15 is 0 Å². The van der Waals surface area contributed by atoms with Crippen LogP contribution in [0.15, 0.2) is 74.2 Å². The van der Waals surface area contributed by atoms with Gasteiger partial charge in [0.15, 0.2) is 9.92 Å². The van der Waals surface area contributed by atoms with Gasteiger partial charge in [0.2, 0.25) is 0 Å². The van der Waals surface area contributed by atoms with Crippen molar-refractivity contribution < 1.29 is 12.6 Å². The highest BCUT2D eigenvalue weighted by molar-refractivity contribution is 8.02. The van der Waals surface area contributed by atoms with Crippen molar-refractivity contribution in [1.82, 2.24) is 4.72 Å². The summed E-state index contributed by atoms with van der Waals surface area (Å²) in [6.07, 6.45) is 4.33. The third kappa shape index (κ3) is 5.51. The summed E-state index contributed by atoms with van der Waals surface area (Å²) in [6.45, 7) is 7.57. The molecule has 5 nitrogen and oxygen atoms in total. The Bertz CT molecular complexity index is 1020. The van der Waals surface area contributed by atoms with Crippen LogP contribution < -0.4 is 4.72 Å². The van der Waals surface area contributed by atoms with Crippen molar-refractivity contribution in [3.05, 3.63) is 71.8 Å². The van der Waals surface area contributed by atoms with E-state index in [4.69, 9.17) is 0 Å². The molecule has 0 radical (unpaired) electrons. The van der Waals surface area contributed by atoms with Crippen molar-refractivity contribution >= 4 is 19.9 Å². The van der Waals surface area contributed by atoms with Crippen LogP contribution in [-0.4, -0.2) is 18.7 Å². The van der Waals surface area contributed by atoms with Crippen LogP contribution in [0.3, 0.4) is 0 Å². The van der Waals surface area contributed by atoms with Gasteiger partial charge in [-0.15, -0.1) is 0 Å². The summed E-state index contributed by atoms with van der Waals surface area (Å²) in [6, 6.07) is 13.0. The van der Waals surface area contributed by atoms with Crippen LogP contribution in [0.2, 0.25) is 0 Å². The highest BCUT2D eigenvalue weighted by atomic mass is 32.3. The predicted molar refractivity (Wildman–Crippen MR) is 110 cm³/mol. The Hall–Kier alpha value is -1.96. The minimum atomic E-state index is -4.10. The largest absolute Gasteiger partial charge is 0.291 e. The van der Waals surface area contributed by atoms with Crippen molar-refractivity contribution in [1.29, 1.82) is 0 Å². The monoisotopic (exact) mass is 406 g/mol. The van der Waals surface area contributed by atoms with Crippen LogP contribution in [-0.2, 0) is 19.9 Å².